The van der Waals surface area contributed by atoms with E-state index in [2.05, 4.69) is 22.9 Å². The molecule has 2 amide bonds. The van der Waals surface area contributed by atoms with Gasteiger partial charge in [-0.15, -0.1) is 0 Å². The van der Waals surface area contributed by atoms with Gasteiger partial charge in [0.2, 0.25) is 11.8 Å². The molecule has 26 heavy (non-hydrogen) atoms. The quantitative estimate of drug-likeness (QED) is 0.585. The van der Waals surface area contributed by atoms with Crippen LogP contribution < -0.4 is 16.0 Å². The molecule has 3 aliphatic heterocycles. The summed E-state index contributed by atoms with van der Waals surface area (Å²) in [5, 5.41) is 8.76. The monoisotopic (exact) mass is 364 g/mol. The summed E-state index contributed by atoms with van der Waals surface area (Å²) in [6.07, 6.45) is 4.28. The van der Waals surface area contributed by atoms with E-state index >= 15 is 0 Å². The molecule has 0 aromatic heterocycles. The topological polar surface area (TPSA) is 108 Å². The highest BCUT2D eigenvalue weighted by Crippen LogP contribution is 2.20. The van der Waals surface area contributed by atoms with E-state index in [1.54, 1.807) is 4.90 Å². The van der Waals surface area contributed by atoms with Gasteiger partial charge in [0.15, 0.2) is 11.6 Å². The average molecular weight is 364 g/mol. The number of hydrogen-bond acceptors (Lipinski definition) is 6. The van der Waals surface area contributed by atoms with Crippen LogP contribution in [0.2, 0.25) is 0 Å². The number of ketones is 2. The summed E-state index contributed by atoms with van der Waals surface area (Å²) in [5.74, 6) is -0.388. The van der Waals surface area contributed by atoms with Gasteiger partial charge in [-0.2, -0.15) is 0 Å². The lowest BCUT2D eigenvalue weighted by Gasteiger charge is -2.40. The fourth-order valence-corrected chi connectivity index (χ4v) is 4.06. The van der Waals surface area contributed by atoms with E-state index in [4.69, 9.17) is 0 Å². The molecule has 0 aromatic carbocycles. The zero-order chi connectivity index (χ0) is 18.7. The summed E-state index contributed by atoms with van der Waals surface area (Å²) >= 11 is 0. The zero-order valence-electron chi connectivity index (χ0n) is 15.3. The number of nitrogens with zero attached hydrogens (tertiary/aromatic N) is 1. The van der Waals surface area contributed by atoms with E-state index in [9.17, 15) is 19.2 Å². The Morgan fingerprint density at radius 2 is 2.04 bits per heavy atom. The normalized spacial score (nSPS) is 35.1. The van der Waals surface area contributed by atoms with Crippen LogP contribution in [0.4, 0.5) is 0 Å². The summed E-state index contributed by atoms with van der Waals surface area (Å²) in [6.45, 7) is 2.98. The molecule has 3 rings (SSSR count). The minimum Gasteiger partial charge on any atom is -0.344 e. The minimum absolute atomic E-state index is 0.0281. The second-order valence-corrected chi connectivity index (χ2v) is 7.49. The van der Waals surface area contributed by atoms with Gasteiger partial charge in [0.05, 0.1) is 18.6 Å². The number of piperazine rings is 2. The van der Waals surface area contributed by atoms with Gasteiger partial charge in [-0.05, 0) is 19.3 Å². The largest absolute Gasteiger partial charge is 0.344 e. The molecule has 8 heteroatoms. The summed E-state index contributed by atoms with van der Waals surface area (Å²) < 4.78 is 0. The molecule has 0 saturated carbocycles. The molecule has 3 aliphatic rings. The van der Waals surface area contributed by atoms with Crippen LogP contribution in [0.5, 0.6) is 0 Å². The second kappa shape index (κ2) is 8.26. The van der Waals surface area contributed by atoms with Crippen molar-refractivity contribution in [3.63, 3.8) is 0 Å². The number of carbonyl (C=O) groups excluding carboxylic acids is 4. The van der Waals surface area contributed by atoms with Crippen LogP contribution in [0.15, 0.2) is 0 Å². The number of rotatable bonds is 5. The Morgan fingerprint density at radius 3 is 2.77 bits per heavy atom. The highest BCUT2D eigenvalue weighted by molar-refractivity contribution is 5.96. The van der Waals surface area contributed by atoms with Gasteiger partial charge in [0.1, 0.15) is 12.1 Å². The number of nitrogens with one attached hydrogen (secondary N) is 3. The van der Waals surface area contributed by atoms with Crippen molar-refractivity contribution in [2.24, 2.45) is 0 Å². The van der Waals surface area contributed by atoms with E-state index < -0.39 is 18.1 Å². The van der Waals surface area contributed by atoms with Gasteiger partial charge in [-0.3, -0.25) is 24.1 Å². The maximum absolute atomic E-state index is 13.1. The molecule has 5 atom stereocenters. The van der Waals surface area contributed by atoms with Crippen molar-refractivity contribution in [2.75, 3.05) is 19.6 Å². The van der Waals surface area contributed by atoms with Gasteiger partial charge in [-0.1, -0.05) is 19.8 Å². The summed E-state index contributed by atoms with van der Waals surface area (Å²) in [5.41, 5.74) is 0. The standard InChI is InChI=1S/C18H28N4O4/c1-2-3-5-11-18(26)21-12(8-19-11)17(25)14-6-4-7-15(23)13-9-22(14)10-16(24)20-13/h11-14,19H,2-10H2,1H3,(H,20,24)(H,21,26)/t11-,12+,13+,14?/m0/s1. The Bertz CT molecular complexity index is 594. The van der Waals surface area contributed by atoms with E-state index in [0.29, 0.717) is 32.4 Å². The van der Waals surface area contributed by atoms with Crippen molar-refractivity contribution >= 4 is 23.4 Å². The number of unbranched alkanes of at least 4 members (excludes halogenated alkanes) is 1. The molecule has 0 radical (unpaired) electrons. The highest BCUT2D eigenvalue weighted by Gasteiger charge is 2.41. The molecule has 0 spiro atoms. The predicted octanol–water partition coefficient (Wildman–Crippen LogP) is -0.876. The summed E-state index contributed by atoms with van der Waals surface area (Å²) in [6, 6.07) is -1.77. The molecule has 144 valence electrons. The number of hydrogen-bond donors (Lipinski definition) is 3. The smallest absolute Gasteiger partial charge is 0.237 e. The van der Waals surface area contributed by atoms with Crippen molar-refractivity contribution in [3.8, 4) is 0 Å². The van der Waals surface area contributed by atoms with Crippen LogP contribution in [0.1, 0.15) is 45.4 Å². The minimum atomic E-state index is -0.580. The molecule has 0 aromatic rings. The molecule has 3 saturated heterocycles. The first kappa shape index (κ1) is 19.0. The van der Waals surface area contributed by atoms with Crippen molar-refractivity contribution in [2.45, 2.75) is 69.6 Å². The number of fused-ring (bicyclic) bond motifs is 2. The lowest BCUT2D eigenvalue weighted by Crippen LogP contribution is -2.66. The number of carbonyl (C=O) groups is 4. The first-order valence-corrected chi connectivity index (χ1v) is 9.63. The van der Waals surface area contributed by atoms with E-state index in [1.165, 1.54) is 0 Å². The molecule has 2 unspecified atom stereocenters. The van der Waals surface area contributed by atoms with Crippen LogP contribution in [0, 0.1) is 0 Å². The van der Waals surface area contributed by atoms with Gasteiger partial charge in [0, 0.05) is 19.5 Å². The second-order valence-electron chi connectivity index (χ2n) is 7.49. The third-order valence-electron chi connectivity index (χ3n) is 5.55. The van der Waals surface area contributed by atoms with Crippen molar-refractivity contribution in [1.82, 2.24) is 20.9 Å². The van der Waals surface area contributed by atoms with Crippen molar-refractivity contribution in [1.29, 1.82) is 0 Å². The Kier molecular flexibility index (Phi) is 6.03. The molecule has 3 fully saturated rings. The average Bonchev–Trinajstić information content (AvgIpc) is 2.62. The molecule has 2 bridgehead atoms. The van der Waals surface area contributed by atoms with Crippen LogP contribution in [0.25, 0.3) is 0 Å². The molecular formula is C18H28N4O4. The summed E-state index contributed by atoms with van der Waals surface area (Å²) in [4.78, 5) is 51.1. The lowest BCUT2D eigenvalue weighted by atomic mass is 9.90. The molecule has 8 nitrogen and oxygen atoms in total. The fourth-order valence-electron chi connectivity index (χ4n) is 4.06. The first-order valence-electron chi connectivity index (χ1n) is 9.63. The van der Waals surface area contributed by atoms with Crippen LogP contribution in [-0.4, -0.2) is 72.1 Å². The van der Waals surface area contributed by atoms with Crippen LogP contribution >= 0.6 is 0 Å². The fraction of sp³-hybridized carbons (Fsp3) is 0.778. The highest BCUT2D eigenvalue weighted by atomic mass is 16.2. The number of amides is 2. The predicted molar refractivity (Wildman–Crippen MR) is 94.4 cm³/mol. The Labute approximate surface area is 153 Å². The van der Waals surface area contributed by atoms with Crippen LogP contribution in [-0.2, 0) is 19.2 Å². The van der Waals surface area contributed by atoms with Crippen molar-refractivity contribution in [3.05, 3.63) is 0 Å². The SMILES string of the molecule is CCCC[C@@H]1NC[C@H](C(=O)C2CCCC(=O)[C@H]3CN2CC(=O)N3)NC1=O. The van der Waals surface area contributed by atoms with Crippen molar-refractivity contribution < 1.29 is 19.2 Å². The Hall–Kier alpha value is -1.80. The van der Waals surface area contributed by atoms with E-state index in [1.807, 2.05) is 0 Å². The van der Waals surface area contributed by atoms with Crippen LogP contribution in [0.3, 0.4) is 0 Å². The van der Waals surface area contributed by atoms with Gasteiger partial charge in [0.25, 0.3) is 0 Å². The maximum Gasteiger partial charge on any atom is 0.237 e. The molecular weight excluding hydrogens is 336 g/mol. The zero-order valence-corrected chi connectivity index (χ0v) is 15.3. The Morgan fingerprint density at radius 1 is 1.23 bits per heavy atom. The van der Waals surface area contributed by atoms with E-state index in [-0.39, 0.29) is 36.0 Å². The summed E-state index contributed by atoms with van der Waals surface area (Å²) in [7, 11) is 0. The van der Waals surface area contributed by atoms with E-state index in [0.717, 1.165) is 19.3 Å². The first-order chi connectivity index (χ1) is 12.5. The van der Waals surface area contributed by atoms with Gasteiger partial charge in [-0.25, -0.2) is 0 Å². The third kappa shape index (κ3) is 4.12. The maximum atomic E-state index is 13.1. The number of Topliss-reactive ketones (excluding diaryl/α,β-unsaturated/α-hetero) is 2. The lowest BCUT2D eigenvalue weighted by molar-refractivity contribution is -0.140. The Balaban J connectivity index is 1.66. The third-order valence-corrected chi connectivity index (χ3v) is 5.55. The molecule has 0 aliphatic carbocycles. The molecule has 3 N–H and O–H groups in total. The van der Waals surface area contributed by atoms with Gasteiger partial charge < -0.3 is 16.0 Å². The molecule has 3 heterocycles. The van der Waals surface area contributed by atoms with Gasteiger partial charge >= 0.3 is 0 Å².